The van der Waals surface area contributed by atoms with Gasteiger partial charge in [0, 0.05) is 17.8 Å². The zero-order valence-electron chi connectivity index (χ0n) is 10.7. The smallest absolute Gasteiger partial charge is 0.305 e. The second-order valence-corrected chi connectivity index (χ2v) is 4.95. The van der Waals surface area contributed by atoms with E-state index in [1.54, 1.807) is 20.8 Å². The van der Waals surface area contributed by atoms with E-state index in [1.165, 1.54) is 13.2 Å². The maximum atomic E-state index is 12.0. The van der Waals surface area contributed by atoms with E-state index in [9.17, 15) is 14.4 Å². The molecule has 1 aliphatic rings. The molecular formula is C13H18O4. The average Bonchev–Trinajstić information content (AvgIpc) is 2.25. The number of Topliss-reactive ketones (excluding diaryl/α,β-unsaturated/α-hetero) is 1. The molecule has 4 nitrogen and oxygen atoms in total. The fraction of sp³-hybridized carbons (Fsp3) is 0.615. The third kappa shape index (κ3) is 2.62. The van der Waals surface area contributed by atoms with Gasteiger partial charge in [-0.3, -0.25) is 14.4 Å². The van der Waals surface area contributed by atoms with Gasteiger partial charge in [0.1, 0.15) is 0 Å². The van der Waals surface area contributed by atoms with Crippen LogP contribution < -0.4 is 0 Å². The minimum atomic E-state index is -0.732. The zero-order valence-corrected chi connectivity index (χ0v) is 10.7. The molecule has 17 heavy (non-hydrogen) atoms. The van der Waals surface area contributed by atoms with E-state index in [-0.39, 0.29) is 24.0 Å². The normalized spacial score (nSPS) is 23.3. The van der Waals surface area contributed by atoms with Gasteiger partial charge in [0.05, 0.1) is 7.11 Å². The van der Waals surface area contributed by atoms with Crippen molar-refractivity contribution in [3.63, 3.8) is 0 Å². The number of ether oxygens (including phenoxy) is 1. The van der Waals surface area contributed by atoms with Gasteiger partial charge in [0.2, 0.25) is 0 Å². The van der Waals surface area contributed by atoms with Crippen LogP contribution in [-0.4, -0.2) is 24.6 Å². The second-order valence-electron chi connectivity index (χ2n) is 4.95. The number of esters is 1. The van der Waals surface area contributed by atoms with E-state index in [0.717, 1.165) is 0 Å². The van der Waals surface area contributed by atoms with E-state index in [4.69, 9.17) is 0 Å². The molecule has 4 heteroatoms. The summed E-state index contributed by atoms with van der Waals surface area (Å²) in [5.41, 5.74) is -0.237. The molecule has 0 heterocycles. The summed E-state index contributed by atoms with van der Waals surface area (Å²) in [7, 11) is 1.31. The Morgan fingerprint density at radius 2 is 2.00 bits per heavy atom. The van der Waals surface area contributed by atoms with E-state index in [2.05, 4.69) is 4.74 Å². The third-order valence-corrected chi connectivity index (χ3v) is 3.38. The van der Waals surface area contributed by atoms with Crippen LogP contribution in [0.15, 0.2) is 11.6 Å². The Morgan fingerprint density at radius 1 is 1.41 bits per heavy atom. The molecule has 0 fully saturated rings. The Labute approximate surface area is 101 Å². The van der Waals surface area contributed by atoms with Gasteiger partial charge < -0.3 is 4.74 Å². The van der Waals surface area contributed by atoms with Crippen molar-refractivity contribution in [3.05, 3.63) is 11.6 Å². The van der Waals surface area contributed by atoms with E-state index in [0.29, 0.717) is 12.0 Å². The molecule has 0 spiro atoms. The molecule has 0 amide bonds. The largest absolute Gasteiger partial charge is 0.469 e. The number of hydrogen-bond donors (Lipinski definition) is 0. The molecule has 1 atom stereocenters. The molecule has 0 aromatic rings. The molecule has 1 aliphatic carbocycles. The first kappa shape index (κ1) is 13.6. The predicted octanol–water partition coefficient (Wildman–Crippen LogP) is 1.68. The van der Waals surface area contributed by atoms with Crippen molar-refractivity contribution in [2.75, 3.05) is 7.11 Å². The lowest BCUT2D eigenvalue weighted by atomic mass is 9.66. The lowest BCUT2D eigenvalue weighted by Crippen LogP contribution is -2.41. The lowest BCUT2D eigenvalue weighted by molar-refractivity contribution is -0.142. The van der Waals surface area contributed by atoms with Crippen molar-refractivity contribution < 1.29 is 19.1 Å². The lowest BCUT2D eigenvalue weighted by Gasteiger charge is -2.34. The molecule has 0 radical (unpaired) electrons. The standard InChI is InChI=1S/C13H18O4/c1-8-7-10(14)9(5-6-11(15)17-4)13(2,3)12(8)16/h7,9H,5-6H2,1-4H3. The van der Waals surface area contributed by atoms with Gasteiger partial charge in [0.25, 0.3) is 0 Å². The third-order valence-electron chi connectivity index (χ3n) is 3.38. The van der Waals surface area contributed by atoms with E-state index < -0.39 is 11.3 Å². The first-order valence-corrected chi connectivity index (χ1v) is 5.64. The highest BCUT2D eigenvalue weighted by Crippen LogP contribution is 2.38. The topological polar surface area (TPSA) is 60.4 Å². The quantitative estimate of drug-likeness (QED) is 0.702. The summed E-state index contributed by atoms with van der Waals surface area (Å²) < 4.78 is 4.54. The van der Waals surface area contributed by atoms with Crippen LogP contribution in [0.4, 0.5) is 0 Å². The molecule has 0 aliphatic heterocycles. The minimum absolute atomic E-state index is 0.0213. The highest BCUT2D eigenvalue weighted by molar-refractivity contribution is 6.12. The summed E-state index contributed by atoms with van der Waals surface area (Å²) in [5, 5.41) is 0. The van der Waals surface area contributed by atoms with Crippen molar-refractivity contribution in [1.29, 1.82) is 0 Å². The first-order valence-electron chi connectivity index (χ1n) is 5.64. The van der Waals surface area contributed by atoms with Crippen molar-refractivity contribution in [1.82, 2.24) is 0 Å². The number of allylic oxidation sites excluding steroid dienone is 2. The van der Waals surface area contributed by atoms with Crippen LogP contribution in [0.2, 0.25) is 0 Å². The van der Waals surface area contributed by atoms with Crippen LogP contribution in [0.5, 0.6) is 0 Å². The molecule has 0 saturated carbocycles. The van der Waals surface area contributed by atoms with Crippen LogP contribution in [0.1, 0.15) is 33.6 Å². The molecule has 1 rings (SSSR count). The van der Waals surface area contributed by atoms with Gasteiger partial charge in [-0.2, -0.15) is 0 Å². The van der Waals surface area contributed by atoms with Crippen molar-refractivity contribution in [3.8, 4) is 0 Å². The number of methoxy groups -OCH3 is 1. The monoisotopic (exact) mass is 238 g/mol. The number of carbonyl (C=O) groups excluding carboxylic acids is 3. The fourth-order valence-corrected chi connectivity index (χ4v) is 2.27. The fourth-order valence-electron chi connectivity index (χ4n) is 2.27. The van der Waals surface area contributed by atoms with E-state index in [1.807, 2.05) is 0 Å². The Morgan fingerprint density at radius 3 is 2.53 bits per heavy atom. The van der Waals surface area contributed by atoms with Gasteiger partial charge in [-0.05, 0) is 25.0 Å². The van der Waals surface area contributed by atoms with Crippen molar-refractivity contribution >= 4 is 17.5 Å². The summed E-state index contributed by atoms with van der Waals surface area (Å²) in [6.45, 7) is 5.16. The zero-order chi connectivity index (χ0) is 13.2. The molecule has 0 saturated heterocycles. The highest BCUT2D eigenvalue weighted by atomic mass is 16.5. The highest BCUT2D eigenvalue weighted by Gasteiger charge is 2.43. The summed E-state index contributed by atoms with van der Waals surface area (Å²) in [6, 6.07) is 0. The molecular weight excluding hydrogens is 220 g/mol. The molecule has 94 valence electrons. The molecule has 1 unspecified atom stereocenters. The van der Waals surface area contributed by atoms with Gasteiger partial charge in [-0.15, -0.1) is 0 Å². The maximum absolute atomic E-state index is 12.0. The Hall–Kier alpha value is -1.45. The van der Waals surface area contributed by atoms with Gasteiger partial charge >= 0.3 is 5.97 Å². The molecule has 0 aromatic heterocycles. The molecule has 0 N–H and O–H groups in total. The summed E-state index contributed by atoms with van der Waals surface area (Å²) >= 11 is 0. The summed E-state index contributed by atoms with van der Waals surface area (Å²) in [5.74, 6) is -0.881. The van der Waals surface area contributed by atoms with Gasteiger partial charge in [0.15, 0.2) is 11.6 Å². The predicted molar refractivity (Wildman–Crippen MR) is 62.3 cm³/mol. The van der Waals surface area contributed by atoms with Crippen LogP contribution in [0.3, 0.4) is 0 Å². The summed E-state index contributed by atoms with van der Waals surface area (Å²) in [6.07, 6.45) is 1.90. The number of rotatable bonds is 3. The van der Waals surface area contributed by atoms with Gasteiger partial charge in [-0.25, -0.2) is 0 Å². The number of hydrogen-bond acceptors (Lipinski definition) is 4. The van der Waals surface area contributed by atoms with Crippen LogP contribution >= 0.6 is 0 Å². The van der Waals surface area contributed by atoms with Crippen molar-refractivity contribution in [2.24, 2.45) is 11.3 Å². The average molecular weight is 238 g/mol. The maximum Gasteiger partial charge on any atom is 0.305 e. The number of carbonyl (C=O) groups is 3. The second kappa shape index (κ2) is 4.82. The Bertz CT molecular complexity index is 390. The first-order chi connectivity index (χ1) is 7.80. The minimum Gasteiger partial charge on any atom is -0.469 e. The van der Waals surface area contributed by atoms with E-state index >= 15 is 0 Å². The Kier molecular flexibility index (Phi) is 3.86. The van der Waals surface area contributed by atoms with Gasteiger partial charge in [-0.1, -0.05) is 13.8 Å². The molecule has 0 aromatic carbocycles. The molecule has 0 bridgehead atoms. The summed E-state index contributed by atoms with van der Waals surface area (Å²) in [4.78, 5) is 35.0. The van der Waals surface area contributed by atoms with Crippen molar-refractivity contribution in [2.45, 2.75) is 33.6 Å². The number of ketones is 2. The SMILES string of the molecule is COC(=O)CCC1C(=O)C=C(C)C(=O)C1(C)C. The Balaban J connectivity index is 2.87. The van der Waals surface area contributed by atoms with Crippen LogP contribution in [-0.2, 0) is 19.1 Å². The van der Waals surface area contributed by atoms with Crippen LogP contribution in [0.25, 0.3) is 0 Å². The van der Waals surface area contributed by atoms with Crippen LogP contribution in [0, 0.1) is 11.3 Å².